The summed E-state index contributed by atoms with van der Waals surface area (Å²) in [7, 11) is 0. The van der Waals surface area contributed by atoms with E-state index in [2.05, 4.69) is 15.3 Å². The molecule has 1 aliphatic rings. The van der Waals surface area contributed by atoms with Crippen LogP contribution in [-0.2, 0) is 4.74 Å². The van der Waals surface area contributed by atoms with Crippen LogP contribution in [0.15, 0.2) is 36.4 Å². The first-order chi connectivity index (χ1) is 14.9. The Balaban J connectivity index is 0.000000478. The van der Waals surface area contributed by atoms with Gasteiger partial charge in [-0.1, -0.05) is 17.7 Å². The second kappa shape index (κ2) is 10.2. The number of nitrogens with zero attached hydrogens (tertiary/aromatic N) is 3. The Kier molecular flexibility index (Phi) is 7.40. The molecular formula is C23H23ClN4O3. The number of fused-ring (bicyclic) bond motifs is 1. The van der Waals surface area contributed by atoms with Crippen LogP contribution in [0.25, 0.3) is 10.9 Å². The quantitative estimate of drug-likeness (QED) is 0.543. The predicted octanol–water partition coefficient (Wildman–Crippen LogP) is 5.13. The highest BCUT2D eigenvalue weighted by molar-refractivity contribution is 6.29. The van der Waals surface area contributed by atoms with Crippen LogP contribution in [0.2, 0.25) is 5.15 Å². The first-order valence-corrected chi connectivity index (χ1v) is 10.3. The van der Waals surface area contributed by atoms with Crippen LogP contribution in [0.3, 0.4) is 0 Å². The molecule has 2 aromatic heterocycles. The van der Waals surface area contributed by atoms with Gasteiger partial charge in [-0.15, -0.1) is 0 Å². The van der Waals surface area contributed by atoms with E-state index in [1.54, 1.807) is 12.1 Å². The minimum atomic E-state index is -1.16. The van der Waals surface area contributed by atoms with Crippen molar-refractivity contribution < 1.29 is 14.6 Å². The average molecular weight is 439 g/mol. The van der Waals surface area contributed by atoms with Crippen LogP contribution in [0.1, 0.15) is 53.1 Å². The molecule has 4 rings (SSSR count). The van der Waals surface area contributed by atoms with Crippen LogP contribution in [-0.4, -0.2) is 34.3 Å². The predicted molar refractivity (Wildman–Crippen MR) is 119 cm³/mol. The highest BCUT2D eigenvalue weighted by Crippen LogP contribution is 2.29. The van der Waals surface area contributed by atoms with Crippen molar-refractivity contribution in [2.75, 3.05) is 18.5 Å². The third kappa shape index (κ3) is 5.69. The van der Waals surface area contributed by atoms with Gasteiger partial charge < -0.3 is 15.2 Å². The Morgan fingerprint density at radius 1 is 1.23 bits per heavy atom. The lowest BCUT2D eigenvalue weighted by molar-refractivity contribution is 0.0691. The molecule has 1 unspecified atom stereocenters. The number of halogens is 1. The van der Waals surface area contributed by atoms with Crippen LogP contribution in [0.4, 0.5) is 5.69 Å². The van der Waals surface area contributed by atoms with Gasteiger partial charge >= 0.3 is 5.97 Å². The van der Waals surface area contributed by atoms with Gasteiger partial charge in [0.15, 0.2) is 5.69 Å². The zero-order valence-corrected chi connectivity index (χ0v) is 18.1. The third-order valence-electron chi connectivity index (χ3n) is 4.83. The van der Waals surface area contributed by atoms with Gasteiger partial charge in [0.25, 0.3) is 0 Å². The number of rotatable bonds is 4. The molecule has 2 N–H and O–H groups in total. The molecule has 31 heavy (non-hydrogen) atoms. The molecule has 0 saturated carbocycles. The number of hydrogen-bond acceptors (Lipinski definition) is 6. The number of benzene rings is 1. The summed E-state index contributed by atoms with van der Waals surface area (Å²) in [5.74, 6) is -1.16. The number of carbonyl (C=O) groups is 1. The fraction of sp³-hybridized carbons (Fsp3) is 0.304. The molecule has 0 bridgehead atoms. The minimum absolute atomic E-state index is 0.120. The number of carboxylic acids is 1. The van der Waals surface area contributed by atoms with Gasteiger partial charge in [-0.2, -0.15) is 5.26 Å². The lowest BCUT2D eigenvalue weighted by Crippen LogP contribution is -2.13. The van der Waals surface area contributed by atoms with Crippen molar-refractivity contribution in [2.45, 2.75) is 32.7 Å². The van der Waals surface area contributed by atoms with E-state index < -0.39 is 5.97 Å². The molecule has 0 aliphatic carbocycles. The number of aryl methyl sites for hydroxylation is 1. The molecule has 0 spiro atoms. The van der Waals surface area contributed by atoms with Crippen LogP contribution < -0.4 is 5.32 Å². The molecule has 1 atom stereocenters. The molecule has 160 valence electrons. The van der Waals surface area contributed by atoms with Crippen molar-refractivity contribution in [2.24, 2.45) is 0 Å². The van der Waals surface area contributed by atoms with E-state index >= 15 is 0 Å². The second-order valence-corrected chi connectivity index (χ2v) is 7.64. The maximum Gasteiger partial charge on any atom is 0.356 e. The summed E-state index contributed by atoms with van der Waals surface area (Å²) < 4.78 is 4.94. The monoisotopic (exact) mass is 438 g/mol. The highest BCUT2D eigenvalue weighted by Gasteiger charge is 2.17. The van der Waals surface area contributed by atoms with E-state index in [0.717, 1.165) is 35.2 Å². The number of nitriles is 1. The third-order valence-corrected chi connectivity index (χ3v) is 5.04. The van der Waals surface area contributed by atoms with Gasteiger partial charge in [-0.3, -0.25) is 0 Å². The summed E-state index contributed by atoms with van der Waals surface area (Å²) in [4.78, 5) is 19.7. The standard InChI is InChI=1S/C19H15ClN4O2.C4H8O/c1-10-7-14(13-4-3-12(9-21)23-16(13)8-10)11(2)22-15-5-6-17(20)24-18(15)19(25)26;1-2-4-5-3-1/h3-8,11,22H,1-2H3,(H,25,26);1-4H2. The fourth-order valence-electron chi connectivity index (χ4n) is 3.37. The van der Waals surface area contributed by atoms with Gasteiger partial charge in [-0.05, 0) is 68.1 Å². The number of nitrogens with one attached hydrogen (secondary N) is 1. The topological polar surface area (TPSA) is 108 Å². The molecule has 8 heteroatoms. The average Bonchev–Trinajstić information content (AvgIpc) is 3.34. The molecule has 1 aliphatic heterocycles. The van der Waals surface area contributed by atoms with E-state index in [9.17, 15) is 9.90 Å². The van der Waals surface area contributed by atoms with Gasteiger partial charge in [0.2, 0.25) is 0 Å². The number of aromatic carboxylic acids is 1. The summed E-state index contributed by atoms with van der Waals surface area (Å²) in [5.41, 5.74) is 3.27. The second-order valence-electron chi connectivity index (χ2n) is 7.25. The molecule has 3 aromatic rings. The van der Waals surface area contributed by atoms with Crippen molar-refractivity contribution in [3.63, 3.8) is 0 Å². The molecular weight excluding hydrogens is 416 g/mol. The highest BCUT2D eigenvalue weighted by atomic mass is 35.5. The number of hydrogen-bond donors (Lipinski definition) is 2. The molecule has 3 heterocycles. The number of aromatic nitrogens is 2. The zero-order chi connectivity index (χ0) is 22.4. The van der Waals surface area contributed by atoms with Crippen LogP contribution in [0, 0.1) is 18.3 Å². The normalized spacial score (nSPS) is 13.7. The maximum absolute atomic E-state index is 11.4. The van der Waals surface area contributed by atoms with Crippen molar-refractivity contribution in [1.82, 2.24) is 9.97 Å². The smallest absolute Gasteiger partial charge is 0.356 e. The number of carboxylic acid groups (broad SMARTS) is 1. The lowest BCUT2D eigenvalue weighted by atomic mass is 9.99. The van der Waals surface area contributed by atoms with E-state index in [-0.39, 0.29) is 16.9 Å². The van der Waals surface area contributed by atoms with Crippen LogP contribution >= 0.6 is 11.6 Å². The van der Waals surface area contributed by atoms with E-state index in [0.29, 0.717) is 11.4 Å². The summed E-state index contributed by atoms with van der Waals surface area (Å²) in [6.07, 6.45) is 2.56. The molecule has 1 fully saturated rings. The SMILES string of the molecule is C1CCOC1.Cc1cc(C(C)Nc2ccc(Cl)nc2C(=O)O)c2ccc(C#N)nc2c1. The lowest BCUT2D eigenvalue weighted by Gasteiger charge is -2.19. The Hall–Kier alpha value is -3.21. The maximum atomic E-state index is 11.4. The zero-order valence-electron chi connectivity index (χ0n) is 17.4. The summed E-state index contributed by atoms with van der Waals surface area (Å²) >= 11 is 5.81. The van der Waals surface area contributed by atoms with Crippen molar-refractivity contribution in [3.05, 3.63) is 64.1 Å². The minimum Gasteiger partial charge on any atom is -0.476 e. The Morgan fingerprint density at radius 2 is 1.97 bits per heavy atom. The van der Waals surface area contributed by atoms with Gasteiger partial charge in [0.05, 0.1) is 11.2 Å². The van der Waals surface area contributed by atoms with Crippen molar-refractivity contribution in [1.29, 1.82) is 5.26 Å². The largest absolute Gasteiger partial charge is 0.476 e. The van der Waals surface area contributed by atoms with Crippen LogP contribution in [0.5, 0.6) is 0 Å². The fourth-order valence-corrected chi connectivity index (χ4v) is 3.51. The molecule has 7 nitrogen and oxygen atoms in total. The van der Waals surface area contributed by atoms with Gasteiger partial charge in [-0.25, -0.2) is 14.8 Å². The van der Waals surface area contributed by atoms with E-state index in [4.69, 9.17) is 21.6 Å². The Bertz CT molecular complexity index is 1130. The Labute approximate surface area is 185 Å². The first kappa shape index (κ1) is 22.5. The van der Waals surface area contributed by atoms with Crippen molar-refractivity contribution >= 4 is 34.2 Å². The molecule has 1 aromatic carbocycles. The number of anilines is 1. The van der Waals surface area contributed by atoms with E-state index in [1.165, 1.54) is 18.9 Å². The Morgan fingerprint density at radius 3 is 2.58 bits per heavy atom. The summed E-state index contributed by atoms with van der Waals surface area (Å²) in [6, 6.07) is 12.4. The van der Waals surface area contributed by atoms with Gasteiger partial charge in [0.1, 0.15) is 16.9 Å². The molecule has 0 amide bonds. The number of ether oxygens (including phenoxy) is 1. The van der Waals surface area contributed by atoms with Crippen molar-refractivity contribution in [3.8, 4) is 6.07 Å². The summed E-state index contributed by atoms with van der Waals surface area (Å²) in [6.45, 7) is 5.87. The summed E-state index contributed by atoms with van der Waals surface area (Å²) in [5, 5.41) is 22.6. The van der Waals surface area contributed by atoms with Gasteiger partial charge in [0, 0.05) is 24.6 Å². The first-order valence-electron chi connectivity index (χ1n) is 9.94. The molecule has 1 saturated heterocycles. The molecule has 0 radical (unpaired) electrons. The number of pyridine rings is 2. The van der Waals surface area contributed by atoms with E-state index in [1.807, 2.05) is 38.1 Å².